The molecule has 8 heteroatoms. The fourth-order valence-corrected chi connectivity index (χ4v) is 3.02. The zero-order chi connectivity index (χ0) is 25.0. The van der Waals surface area contributed by atoms with Gasteiger partial charge < -0.3 is 25.3 Å². The van der Waals surface area contributed by atoms with Crippen LogP contribution in [0.3, 0.4) is 0 Å². The van der Waals surface area contributed by atoms with Crippen molar-refractivity contribution >= 4 is 18.0 Å². The van der Waals surface area contributed by atoms with Gasteiger partial charge in [-0.2, -0.15) is 0 Å². The molecule has 0 radical (unpaired) electrons. The summed E-state index contributed by atoms with van der Waals surface area (Å²) in [5.41, 5.74) is 6.94. The van der Waals surface area contributed by atoms with Crippen molar-refractivity contribution in [2.24, 2.45) is 5.73 Å². The van der Waals surface area contributed by atoms with Gasteiger partial charge in [-0.1, -0.05) is 60.7 Å². The van der Waals surface area contributed by atoms with Crippen molar-refractivity contribution in [2.75, 3.05) is 0 Å². The molecule has 2 rings (SSSR count). The molecule has 8 nitrogen and oxygen atoms in total. The number of nitrogens with one attached hydrogen (secondary N) is 1. The lowest BCUT2D eigenvalue weighted by Gasteiger charge is -2.23. The van der Waals surface area contributed by atoms with E-state index >= 15 is 0 Å². The molecule has 0 heterocycles. The smallest absolute Gasteiger partial charge is 0.408 e. The zero-order valence-electron chi connectivity index (χ0n) is 20.0. The molecule has 2 aromatic rings. The van der Waals surface area contributed by atoms with Gasteiger partial charge in [-0.3, -0.25) is 4.79 Å². The van der Waals surface area contributed by atoms with E-state index in [9.17, 15) is 14.4 Å². The van der Waals surface area contributed by atoms with Gasteiger partial charge in [0, 0.05) is 0 Å². The third kappa shape index (κ3) is 10.5. The maximum Gasteiger partial charge on any atom is 0.408 e. The Balaban J connectivity index is 1.86. The lowest BCUT2D eigenvalue weighted by atomic mass is 10.1. The van der Waals surface area contributed by atoms with Crippen molar-refractivity contribution in [2.45, 2.75) is 70.9 Å². The molecule has 0 spiro atoms. The molecule has 0 bridgehead atoms. The Bertz CT molecular complexity index is 912. The van der Waals surface area contributed by atoms with Gasteiger partial charge in [-0.05, 0) is 51.2 Å². The van der Waals surface area contributed by atoms with Crippen molar-refractivity contribution in [1.82, 2.24) is 5.32 Å². The highest BCUT2D eigenvalue weighted by atomic mass is 16.6. The Morgan fingerprint density at radius 3 is 1.82 bits per heavy atom. The minimum Gasteiger partial charge on any atom is -0.460 e. The van der Waals surface area contributed by atoms with Crippen LogP contribution in [0.4, 0.5) is 4.79 Å². The largest absolute Gasteiger partial charge is 0.460 e. The van der Waals surface area contributed by atoms with Crippen LogP contribution in [0.2, 0.25) is 0 Å². The molecule has 2 unspecified atom stereocenters. The Morgan fingerprint density at radius 2 is 1.32 bits per heavy atom. The molecule has 184 valence electrons. The van der Waals surface area contributed by atoms with Gasteiger partial charge in [-0.15, -0.1) is 0 Å². The molecule has 34 heavy (non-hydrogen) atoms. The van der Waals surface area contributed by atoms with Crippen LogP contribution in [0.1, 0.15) is 51.2 Å². The molecule has 2 aromatic carbocycles. The topological polar surface area (TPSA) is 117 Å². The van der Waals surface area contributed by atoms with Crippen LogP contribution >= 0.6 is 0 Å². The van der Waals surface area contributed by atoms with E-state index < -0.39 is 35.7 Å². The van der Waals surface area contributed by atoms with Gasteiger partial charge in [0.15, 0.2) is 0 Å². The third-order valence-electron chi connectivity index (χ3n) is 4.73. The standard InChI is InChI=1S/C26H34N2O6/c1-26(2,3)34-25(31)28-22(24(30)33-18-20-13-8-5-9-14-20)16-10-15-21(27)23(29)32-17-19-11-6-4-7-12-19/h4-9,11-14,21-22H,10,15-18,27H2,1-3H3,(H,28,31). The monoisotopic (exact) mass is 470 g/mol. The molecule has 0 saturated heterocycles. The highest BCUT2D eigenvalue weighted by Crippen LogP contribution is 2.12. The van der Waals surface area contributed by atoms with Gasteiger partial charge >= 0.3 is 18.0 Å². The van der Waals surface area contributed by atoms with E-state index in [1.165, 1.54) is 0 Å². The summed E-state index contributed by atoms with van der Waals surface area (Å²) in [4.78, 5) is 37.1. The number of alkyl carbamates (subject to hydrolysis) is 1. The predicted molar refractivity (Wildman–Crippen MR) is 127 cm³/mol. The summed E-state index contributed by atoms with van der Waals surface area (Å²) in [6, 6.07) is 16.8. The van der Waals surface area contributed by atoms with Crippen LogP contribution in [-0.4, -0.2) is 35.7 Å². The number of carbonyl (C=O) groups excluding carboxylic acids is 3. The molecule has 1 amide bonds. The number of carbonyl (C=O) groups is 3. The number of hydrogen-bond acceptors (Lipinski definition) is 7. The van der Waals surface area contributed by atoms with Crippen molar-refractivity contribution in [3.05, 3.63) is 71.8 Å². The number of benzene rings is 2. The van der Waals surface area contributed by atoms with E-state index in [0.717, 1.165) is 11.1 Å². The highest BCUT2D eigenvalue weighted by Gasteiger charge is 2.26. The Morgan fingerprint density at radius 1 is 0.824 bits per heavy atom. The molecule has 0 saturated carbocycles. The summed E-state index contributed by atoms with van der Waals surface area (Å²) in [7, 11) is 0. The molecule has 3 N–H and O–H groups in total. The van der Waals surface area contributed by atoms with Crippen molar-refractivity contribution in [3.8, 4) is 0 Å². The summed E-state index contributed by atoms with van der Waals surface area (Å²) >= 11 is 0. The number of amides is 1. The van der Waals surface area contributed by atoms with Crippen LogP contribution < -0.4 is 11.1 Å². The molecular weight excluding hydrogens is 436 g/mol. The van der Waals surface area contributed by atoms with E-state index in [1.54, 1.807) is 20.8 Å². The van der Waals surface area contributed by atoms with Gasteiger partial charge in [0.05, 0.1) is 0 Å². The first-order valence-corrected chi connectivity index (χ1v) is 11.3. The van der Waals surface area contributed by atoms with E-state index in [4.69, 9.17) is 19.9 Å². The maximum atomic E-state index is 12.7. The molecule has 0 aliphatic heterocycles. The fourth-order valence-electron chi connectivity index (χ4n) is 3.02. The summed E-state index contributed by atoms with van der Waals surface area (Å²) < 4.78 is 15.9. The van der Waals surface area contributed by atoms with Crippen LogP contribution in [0.25, 0.3) is 0 Å². The second-order valence-electron chi connectivity index (χ2n) is 8.92. The van der Waals surface area contributed by atoms with Crippen LogP contribution in [-0.2, 0) is 37.0 Å². The summed E-state index contributed by atoms with van der Waals surface area (Å²) in [6.07, 6.45) is 0.182. The highest BCUT2D eigenvalue weighted by molar-refractivity contribution is 5.81. The Labute approximate surface area is 200 Å². The molecule has 0 fully saturated rings. The second-order valence-corrected chi connectivity index (χ2v) is 8.92. The third-order valence-corrected chi connectivity index (χ3v) is 4.73. The number of nitrogens with two attached hydrogens (primary N) is 1. The van der Waals surface area contributed by atoms with Crippen LogP contribution in [0.15, 0.2) is 60.7 Å². The van der Waals surface area contributed by atoms with Crippen LogP contribution in [0, 0.1) is 0 Å². The zero-order valence-corrected chi connectivity index (χ0v) is 20.0. The molecule has 0 aromatic heterocycles. The van der Waals surface area contributed by atoms with E-state index in [2.05, 4.69) is 5.32 Å². The lowest BCUT2D eigenvalue weighted by molar-refractivity contribution is -0.147. The number of rotatable bonds is 11. The van der Waals surface area contributed by atoms with E-state index in [1.807, 2.05) is 60.7 Å². The first kappa shape index (κ1) is 26.9. The van der Waals surface area contributed by atoms with Gasteiger partial charge in [0.1, 0.15) is 30.9 Å². The Kier molecular flexibility index (Phi) is 10.5. The molecule has 2 atom stereocenters. The van der Waals surface area contributed by atoms with Gasteiger partial charge in [0.2, 0.25) is 0 Å². The summed E-state index contributed by atoms with van der Waals surface area (Å²) in [5, 5.41) is 2.57. The summed E-state index contributed by atoms with van der Waals surface area (Å²) in [6.45, 7) is 5.42. The van der Waals surface area contributed by atoms with Crippen molar-refractivity contribution in [3.63, 3.8) is 0 Å². The van der Waals surface area contributed by atoms with Crippen LogP contribution in [0.5, 0.6) is 0 Å². The van der Waals surface area contributed by atoms with E-state index in [0.29, 0.717) is 6.42 Å². The van der Waals surface area contributed by atoms with Gasteiger partial charge in [-0.25, -0.2) is 9.59 Å². The van der Waals surface area contributed by atoms with E-state index in [-0.39, 0.29) is 26.1 Å². The SMILES string of the molecule is CC(C)(C)OC(=O)NC(CCCC(N)C(=O)OCc1ccccc1)C(=O)OCc1ccccc1. The normalized spacial score (nSPS) is 12.8. The average molecular weight is 471 g/mol. The average Bonchev–Trinajstić information content (AvgIpc) is 2.80. The predicted octanol–water partition coefficient (Wildman–Crippen LogP) is 3.86. The lowest BCUT2D eigenvalue weighted by Crippen LogP contribution is -2.44. The number of hydrogen-bond donors (Lipinski definition) is 2. The summed E-state index contributed by atoms with van der Waals surface area (Å²) in [5.74, 6) is -1.11. The van der Waals surface area contributed by atoms with Gasteiger partial charge in [0.25, 0.3) is 0 Å². The molecular formula is C26H34N2O6. The quantitative estimate of drug-likeness (QED) is 0.378. The van der Waals surface area contributed by atoms with Crippen molar-refractivity contribution in [1.29, 1.82) is 0 Å². The molecule has 0 aliphatic rings. The fraction of sp³-hybridized carbons (Fsp3) is 0.423. The maximum absolute atomic E-state index is 12.7. The minimum atomic E-state index is -0.939. The minimum absolute atomic E-state index is 0.0809. The second kappa shape index (κ2) is 13.3. The first-order chi connectivity index (χ1) is 16.1. The van der Waals surface area contributed by atoms with Crippen molar-refractivity contribution < 1.29 is 28.6 Å². The Hall–Kier alpha value is -3.39. The molecule has 0 aliphatic carbocycles. The number of esters is 2. The number of ether oxygens (including phenoxy) is 3. The first-order valence-electron chi connectivity index (χ1n) is 11.3.